The maximum Gasteiger partial charge on any atom is 0.330 e. The van der Waals surface area contributed by atoms with E-state index in [2.05, 4.69) is 0 Å². The van der Waals surface area contributed by atoms with E-state index in [1.54, 1.807) is 6.08 Å². The first kappa shape index (κ1) is 9.46. The molecule has 0 spiro atoms. The number of hydrogen-bond donors (Lipinski definition) is 1. The molecule has 3 nitrogen and oxygen atoms in total. The van der Waals surface area contributed by atoms with Crippen molar-refractivity contribution in [3.05, 3.63) is 24.3 Å². The number of aliphatic hydroxyl groups is 1. The predicted octanol–water partition coefficient (Wildman–Crippen LogP) is 1.04. The molecule has 1 fully saturated rings. The SMILES string of the molecule is CC1OC(=O)/C=C\C(O)C=C[C@H]2C[C@@H]12. The van der Waals surface area contributed by atoms with Crippen molar-refractivity contribution in [1.29, 1.82) is 0 Å². The topological polar surface area (TPSA) is 46.5 Å². The van der Waals surface area contributed by atoms with Crippen molar-refractivity contribution in [2.24, 2.45) is 11.8 Å². The lowest BCUT2D eigenvalue weighted by molar-refractivity contribution is -0.143. The van der Waals surface area contributed by atoms with Crippen LogP contribution in [0.4, 0.5) is 0 Å². The van der Waals surface area contributed by atoms with Gasteiger partial charge in [0.25, 0.3) is 0 Å². The van der Waals surface area contributed by atoms with Crippen LogP contribution in [0.1, 0.15) is 13.3 Å². The van der Waals surface area contributed by atoms with Gasteiger partial charge in [-0.1, -0.05) is 12.2 Å². The second kappa shape index (κ2) is 3.58. The first-order chi connectivity index (χ1) is 6.66. The quantitative estimate of drug-likeness (QED) is 0.463. The Bertz CT molecular complexity index is 293. The Balaban J connectivity index is 2.11. The Hall–Kier alpha value is -1.09. The number of fused-ring (bicyclic) bond motifs is 1. The van der Waals surface area contributed by atoms with E-state index in [0.29, 0.717) is 11.8 Å². The molecule has 1 aliphatic heterocycles. The molecular weight excluding hydrogens is 180 g/mol. The van der Waals surface area contributed by atoms with Gasteiger partial charge >= 0.3 is 5.97 Å². The number of allylic oxidation sites excluding steroid dienone is 1. The lowest BCUT2D eigenvalue weighted by Gasteiger charge is -2.11. The minimum Gasteiger partial charge on any atom is -0.459 e. The summed E-state index contributed by atoms with van der Waals surface area (Å²) in [6, 6.07) is 0. The molecule has 0 aromatic rings. The maximum atomic E-state index is 11.2. The Kier molecular flexibility index (Phi) is 2.42. The van der Waals surface area contributed by atoms with Gasteiger partial charge < -0.3 is 9.84 Å². The van der Waals surface area contributed by atoms with Crippen LogP contribution in [0, 0.1) is 11.8 Å². The average Bonchev–Trinajstić information content (AvgIpc) is 2.89. The minimum atomic E-state index is -0.669. The van der Waals surface area contributed by atoms with Crippen molar-refractivity contribution in [2.45, 2.75) is 25.6 Å². The third kappa shape index (κ3) is 2.04. The van der Waals surface area contributed by atoms with Gasteiger partial charge in [0, 0.05) is 12.0 Å². The third-order valence-electron chi connectivity index (χ3n) is 2.78. The fourth-order valence-electron chi connectivity index (χ4n) is 1.80. The molecule has 76 valence electrons. The Labute approximate surface area is 83.1 Å². The zero-order valence-corrected chi connectivity index (χ0v) is 8.09. The van der Waals surface area contributed by atoms with Crippen molar-refractivity contribution >= 4 is 5.97 Å². The van der Waals surface area contributed by atoms with Gasteiger partial charge in [-0.25, -0.2) is 4.79 Å². The van der Waals surface area contributed by atoms with Crippen molar-refractivity contribution in [2.75, 3.05) is 0 Å². The standard InChI is InChI=1S/C11H14O3/c1-7-10-6-8(10)2-3-9(12)4-5-11(13)14-7/h2-5,7-10,12H,6H2,1H3/b3-2?,5-4-/t7?,8-,9?,10-/m0/s1. The molecule has 1 aliphatic carbocycles. The molecule has 1 heterocycles. The van der Waals surface area contributed by atoms with Crippen LogP contribution in [0.5, 0.6) is 0 Å². The van der Waals surface area contributed by atoms with Crippen molar-refractivity contribution < 1.29 is 14.6 Å². The van der Waals surface area contributed by atoms with Crippen molar-refractivity contribution in [1.82, 2.24) is 0 Å². The molecule has 1 N–H and O–H groups in total. The molecule has 4 atom stereocenters. The van der Waals surface area contributed by atoms with Crippen LogP contribution in [0.25, 0.3) is 0 Å². The van der Waals surface area contributed by atoms with Crippen LogP contribution < -0.4 is 0 Å². The van der Waals surface area contributed by atoms with Gasteiger partial charge in [-0.05, 0) is 25.3 Å². The summed E-state index contributed by atoms with van der Waals surface area (Å²) >= 11 is 0. The summed E-state index contributed by atoms with van der Waals surface area (Å²) in [7, 11) is 0. The predicted molar refractivity (Wildman–Crippen MR) is 51.4 cm³/mol. The van der Waals surface area contributed by atoms with E-state index < -0.39 is 6.10 Å². The molecule has 0 aromatic carbocycles. The van der Waals surface area contributed by atoms with Crippen LogP contribution in [-0.2, 0) is 9.53 Å². The lowest BCUT2D eigenvalue weighted by atomic mass is 10.1. The lowest BCUT2D eigenvalue weighted by Crippen LogP contribution is -2.17. The maximum absolute atomic E-state index is 11.2. The van der Waals surface area contributed by atoms with E-state index in [0.717, 1.165) is 6.42 Å². The van der Waals surface area contributed by atoms with Crippen LogP contribution in [0.2, 0.25) is 0 Å². The molecule has 0 amide bonds. The first-order valence-electron chi connectivity index (χ1n) is 4.92. The summed E-state index contributed by atoms with van der Waals surface area (Å²) < 4.78 is 5.16. The number of esters is 1. The summed E-state index contributed by atoms with van der Waals surface area (Å²) in [4.78, 5) is 11.2. The molecule has 3 heteroatoms. The van der Waals surface area contributed by atoms with Crippen molar-refractivity contribution in [3.63, 3.8) is 0 Å². The molecule has 0 saturated heterocycles. The monoisotopic (exact) mass is 194 g/mol. The summed E-state index contributed by atoms with van der Waals surface area (Å²) in [5.41, 5.74) is 0. The number of cyclic esters (lactones) is 1. The second-order valence-corrected chi connectivity index (χ2v) is 3.94. The molecule has 2 aliphatic rings. The molecular formula is C11H14O3. The van der Waals surface area contributed by atoms with E-state index in [9.17, 15) is 9.90 Å². The molecule has 14 heavy (non-hydrogen) atoms. The van der Waals surface area contributed by atoms with Gasteiger partial charge in [-0.2, -0.15) is 0 Å². The highest BCUT2D eigenvalue weighted by Crippen LogP contribution is 2.43. The van der Waals surface area contributed by atoms with Gasteiger partial charge in [0.05, 0.1) is 6.10 Å². The molecule has 0 radical (unpaired) electrons. The number of carbonyl (C=O) groups is 1. The van der Waals surface area contributed by atoms with Gasteiger partial charge in [0.15, 0.2) is 0 Å². The van der Waals surface area contributed by atoms with Gasteiger partial charge in [-0.15, -0.1) is 0 Å². The highest BCUT2D eigenvalue weighted by molar-refractivity contribution is 5.82. The van der Waals surface area contributed by atoms with E-state index in [-0.39, 0.29) is 12.1 Å². The van der Waals surface area contributed by atoms with Crippen LogP contribution >= 0.6 is 0 Å². The number of hydrogen-bond acceptors (Lipinski definition) is 3. The zero-order chi connectivity index (χ0) is 10.1. The summed E-state index contributed by atoms with van der Waals surface area (Å²) in [6.45, 7) is 1.92. The van der Waals surface area contributed by atoms with Gasteiger partial charge in [-0.3, -0.25) is 0 Å². The summed E-state index contributed by atoms with van der Waals surface area (Å²) in [5.74, 6) is 0.547. The number of aliphatic hydroxyl groups excluding tert-OH is 1. The Morgan fingerprint density at radius 1 is 1.43 bits per heavy atom. The number of rotatable bonds is 0. The normalized spacial score (nSPS) is 43.7. The Morgan fingerprint density at radius 3 is 3.00 bits per heavy atom. The van der Waals surface area contributed by atoms with Crippen LogP contribution in [0.15, 0.2) is 24.3 Å². The van der Waals surface area contributed by atoms with E-state index in [4.69, 9.17) is 4.74 Å². The van der Waals surface area contributed by atoms with Crippen LogP contribution in [-0.4, -0.2) is 23.3 Å². The van der Waals surface area contributed by atoms with Gasteiger partial charge in [0.1, 0.15) is 6.10 Å². The fraction of sp³-hybridized carbons (Fsp3) is 0.545. The highest BCUT2D eigenvalue weighted by atomic mass is 16.5. The molecule has 0 bridgehead atoms. The fourth-order valence-corrected chi connectivity index (χ4v) is 1.80. The largest absolute Gasteiger partial charge is 0.459 e. The molecule has 1 saturated carbocycles. The Morgan fingerprint density at radius 2 is 2.21 bits per heavy atom. The second-order valence-electron chi connectivity index (χ2n) is 3.94. The molecule has 2 unspecified atom stereocenters. The number of carbonyl (C=O) groups excluding carboxylic acids is 1. The van der Waals surface area contributed by atoms with Crippen molar-refractivity contribution in [3.8, 4) is 0 Å². The first-order valence-corrected chi connectivity index (χ1v) is 4.92. The number of ether oxygens (including phenoxy) is 1. The summed E-state index contributed by atoms with van der Waals surface area (Å²) in [6.07, 6.45) is 6.83. The average molecular weight is 194 g/mol. The smallest absolute Gasteiger partial charge is 0.330 e. The molecule has 2 rings (SSSR count). The van der Waals surface area contributed by atoms with E-state index in [1.165, 1.54) is 12.2 Å². The van der Waals surface area contributed by atoms with E-state index >= 15 is 0 Å². The third-order valence-corrected chi connectivity index (χ3v) is 2.78. The molecule has 0 aromatic heterocycles. The minimum absolute atomic E-state index is 0.0166. The van der Waals surface area contributed by atoms with E-state index in [1.807, 2.05) is 13.0 Å². The van der Waals surface area contributed by atoms with Crippen LogP contribution in [0.3, 0.4) is 0 Å². The summed E-state index contributed by atoms with van der Waals surface area (Å²) in [5, 5.41) is 9.37. The highest BCUT2D eigenvalue weighted by Gasteiger charge is 2.41. The van der Waals surface area contributed by atoms with Gasteiger partial charge in [0.2, 0.25) is 0 Å². The zero-order valence-electron chi connectivity index (χ0n) is 8.09.